The minimum absolute atomic E-state index is 0.143. The van der Waals surface area contributed by atoms with Crippen LogP contribution in [0.3, 0.4) is 0 Å². The summed E-state index contributed by atoms with van der Waals surface area (Å²) >= 11 is 11.9. The smallest absolute Gasteiger partial charge is 0.395 e. The van der Waals surface area contributed by atoms with Gasteiger partial charge in [-0.25, -0.2) is 0 Å². The Morgan fingerprint density at radius 3 is 2.60 bits per heavy atom. The van der Waals surface area contributed by atoms with Crippen molar-refractivity contribution >= 4 is 28.9 Å². The third kappa shape index (κ3) is 2.89. The van der Waals surface area contributed by atoms with E-state index in [1.54, 1.807) is 18.2 Å². The number of hydrogen-bond acceptors (Lipinski definition) is 5. The SMILES string of the molecule is O=c1[nH]cnc(OCc2c(Cl)cccc2Cl)c1[N+](=O)[O-]. The number of hydrogen-bond donors (Lipinski definition) is 1. The molecule has 0 fully saturated rings. The van der Waals surface area contributed by atoms with Crippen LogP contribution in [0.2, 0.25) is 10.0 Å². The van der Waals surface area contributed by atoms with Gasteiger partial charge in [0, 0.05) is 15.6 Å². The minimum atomic E-state index is -0.898. The van der Waals surface area contributed by atoms with Crippen LogP contribution in [0.5, 0.6) is 5.88 Å². The van der Waals surface area contributed by atoms with Crippen molar-refractivity contribution in [3.8, 4) is 5.88 Å². The predicted molar refractivity (Wildman–Crippen MR) is 72.3 cm³/mol. The first-order valence-corrected chi connectivity index (χ1v) is 6.04. The van der Waals surface area contributed by atoms with E-state index in [0.717, 1.165) is 6.33 Å². The maximum atomic E-state index is 11.4. The van der Waals surface area contributed by atoms with Crippen LogP contribution >= 0.6 is 23.2 Å². The van der Waals surface area contributed by atoms with Crippen molar-refractivity contribution in [2.45, 2.75) is 6.61 Å². The topological polar surface area (TPSA) is 98.1 Å². The number of H-pyrrole nitrogens is 1. The Morgan fingerprint density at radius 2 is 2.00 bits per heavy atom. The molecule has 0 aliphatic carbocycles. The van der Waals surface area contributed by atoms with Gasteiger partial charge in [-0.3, -0.25) is 14.9 Å². The zero-order valence-corrected chi connectivity index (χ0v) is 11.3. The van der Waals surface area contributed by atoms with Crippen molar-refractivity contribution < 1.29 is 9.66 Å². The van der Waals surface area contributed by atoms with Gasteiger partial charge in [-0.1, -0.05) is 29.3 Å². The van der Waals surface area contributed by atoms with E-state index in [0.29, 0.717) is 15.6 Å². The number of rotatable bonds is 4. The van der Waals surface area contributed by atoms with E-state index >= 15 is 0 Å². The van der Waals surface area contributed by atoms with Crippen LogP contribution in [0.4, 0.5) is 5.69 Å². The molecule has 1 N–H and O–H groups in total. The average Bonchev–Trinajstić information content (AvgIpc) is 2.37. The van der Waals surface area contributed by atoms with E-state index in [1.807, 2.05) is 0 Å². The first-order valence-electron chi connectivity index (χ1n) is 5.28. The highest BCUT2D eigenvalue weighted by atomic mass is 35.5. The van der Waals surface area contributed by atoms with Gasteiger partial charge in [0.25, 0.3) is 0 Å². The quantitative estimate of drug-likeness (QED) is 0.690. The molecule has 7 nitrogen and oxygen atoms in total. The number of nitrogens with zero attached hydrogens (tertiary/aromatic N) is 2. The molecule has 1 heterocycles. The summed E-state index contributed by atoms with van der Waals surface area (Å²) in [6.45, 7) is -0.143. The van der Waals surface area contributed by atoms with E-state index in [-0.39, 0.29) is 6.61 Å². The van der Waals surface area contributed by atoms with Crippen LogP contribution < -0.4 is 10.3 Å². The van der Waals surface area contributed by atoms with Crippen LogP contribution in [-0.2, 0) is 6.61 Å². The molecule has 0 atom stereocenters. The molecular weight excluding hydrogens is 309 g/mol. The maximum absolute atomic E-state index is 11.4. The highest BCUT2D eigenvalue weighted by molar-refractivity contribution is 6.35. The molecule has 1 aromatic carbocycles. The lowest BCUT2D eigenvalue weighted by Crippen LogP contribution is -2.14. The van der Waals surface area contributed by atoms with E-state index in [1.165, 1.54) is 0 Å². The van der Waals surface area contributed by atoms with E-state index in [9.17, 15) is 14.9 Å². The van der Waals surface area contributed by atoms with Crippen LogP contribution in [0.1, 0.15) is 5.56 Å². The summed E-state index contributed by atoms with van der Waals surface area (Å²) in [5, 5.41) is 11.5. The summed E-state index contributed by atoms with van der Waals surface area (Å²) < 4.78 is 5.19. The van der Waals surface area contributed by atoms with Gasteiger partial charge in [0.1, 0.15) is 6.61 Å². The van der Waals surface area contributed by atoms with Crippen LogP contribution in [0.15, 0.2) is 29.3 Å². The normalized spacial score (nSPS) is 10.3. The molecule has 0 radical (unpaired) electrons. The molecule has 9 heteroatoms. The Hall–Kier alpha value is -2.12. The van der Waals surface area contributed by atoms with E-state index in [4.69, 9.17) is 27.9 Å². The van der Waals surface area contributed by atoms with Crippen LogP contribution in [0, 0.1) is 10.1 Å². The second-order valence-corrected chi connectivity index (χ2v) is 4.45. The van der Waals surface area contributed by atoms with Crippen molar-refractivity contribution in [2.24, 2.45) is 0 Å². The number of aromatic amines is 1. The van der Waals surface area contributed by atoms with Crippen molar-refractivity contribution in [1.29, 1.82) is 0 Å². The highest BCUT2D eigenvalue weighted by Gasteiger charge is 2.22. The predicted octanol–water partition coefficient (Wildman–Crippen LogP) is 2.56. The van der Waals surface area contributed by atoms with Crippen molar-refractivity contribution in [1.82, 2.24) is 9.97 Å². The van der Waals surface area contributed by atoms with Gasteiger partial charge in [0.05, 0.1) is 11.3 Å². The number of nitro groups is 1. The summed E-state index contributed by atoms with van der Waals surface area (Å²) in [5.41, 5.74) is -1.21. The number of benzene rings is 1. The van der Waals surface area contributed by atoms with Gasteiger partial charge in [-0.05, 0) is 12.1 Å². The van der Waals surface area contributed by atoms with E-state index in [2.05, 4.69) is 9.97 Å². The molecule has 0 bridgehead atoms. The molecule has 0 amide bonds. The Kier molecular flexibility index (Phi) is 4.21. The molecule has 1 aromatic heterocycles. The largest absolute Gasteiger partial charge is 0.468 e. The molecule has 0 saturated heterocycles. The summed E-state index contributed by atoms with van der Waals surface area (Å²) in [6.07, 6.45) is 1.01. The molecule has 0 spiro atoms. The fraction of sp³-hybridized carbons (Fsp3) is 0.0909. The highest BCUT2D eigenvalue weighted by Crippen LogP contribution is 2.26. The number of aromatic nitrogens is 2. The van der Waals surface area contributed by atoms with Gasteiger partial charge < -0.3 is 9.72 Å². The van der Waals surface area contributed by atoms with Gasteiger partial charge in [-0.2, -0.15) is 4.98 Å². The molecule has 0 aliphatic rings. The average molecular weight is 316 g/mol. The van der Waals surface area contributed by atoms with E-state index < -0.39 is 22.0 Å². The monoisotopic (exact) mass is 315 g/mol. The summed E-state index contributed by atoms with van der Waals surface area (Å²) in [5.74, 6) is -0.394. The first kappa shape index (κ1) is 14.3. The number of ether oxygens (including phenoxy) is 1. The van der Waals surface area contributed by atoms with Gasteiger partial charge in [0.2, 0.25) is 0 Å². The lowest BCUT2D eigenvalue weighted by molar-refractivity contribution is -0.387. The fourth-order valence-corrected chi connectivity index (χ4v) is 1.96. The minimum Gasteiger partial charge on any atom is -0.468 e. The van der Waals surface area contributed by atoms with Gasteiger partial charge in [-0.15, -0.1) is 0 Å². The zero-order chi connectivity index (χ0) is 14.7. The molecule has 0 unspecified atom stereocenters. The lowest BCUT2D eigenvalue weighted by atomic mass is 10.2. The Bertz CT molecular complexity index is 697. The lowest BCUT2D eigenvalue weighted by Gasteiger charge is -2.08. The molecule has 104 valence electrons. The van der Waals surface area contributed by atoms with Gasteiger partial charge >= 0.3 is 17.1 Å². The Labute approximate surface area is 122 Å². The van der Waals surface area contributed by atoms with Crippen LogP contribution in [0.25, 0.3) is 0 Å². The molecule has 2 aromatic rings. The van der Waals surface area contributed by atoms with Gasteiger partial charge in [0.15, 0.2) is 0 Å². The third-order valence-electron chi connectivity index (χ3n) is 2.39. The number of nitrogens with one attached hydrogen (secondary N) is 1. The third-order valence-corrected chi connectivity index (χ3v) is 3.10. The molecular formula is C11H7Cl2N3O4. The Balaban J connectivity index is 2.31. The Morgan fingerprint density at radius 1 is 1.35 bits per heavy atom. The fourth-order valence-electron chi connectivity index (χ4n) is 1.45. The van der Waals surface area contributed by atoms with Crippen molar-refractivity contribution in [3.63, 3.8) is 0 Å². The maximum Gasteiger partial charge on any atom is 0.395 e. The second kappa shape index (κ2) is 5.89. The number of halogens is 2. The summed E-state index contributed by atoms with van der Waals surface area (Å²) in [7, 11) is 0. The molecule has 0 saturated carbocycles. The standard InChI is InChI=1S/C11H7Cl2N3O4/c12-7-2-1-3-8(13)6(7)4-20-11-9(16(18)19)10(17)14-5-15-11/h1-3,5H,4H2,(H,14,15,17). The second-order valence-electron chi connectivity index (χ2n) is 3.63. The molecule has 2 rings (SSSR count). The van der Waals surface area contributed by atoms with Crippen LogP contribution in [-0.4, -0.2) is 14.9 Å². The molecule has 20 heavy (non-hydrogen) atoms. The molecule has 0 aliphatic heterocycles. The first-order chi connectivity index (χ1) is 9.50. The van der Waals surface area contributed by atoms with Crippen molar-refractivity contribution in [2.75, 3.05) is 0 Å². The van der Waals surface area contributed by atoms with Crippen molar-refractivity contribution in [3.05, 3.63) is 60.6 Å². The summed E-state index contributed by atoms with van der Waals surface area (Å²) in [6, 6.07) is 4.86. The zero-order valence-electron chi connectivity index (χ0n) is 9.80. The summed E-state index contributed by atoms with van der Waals surface area (Å²) in [4.78, 5) is 27.0.